The summed E-state index contributed by atoms with van der Waals surface area (Å²) < 4.78 is 0. The molecule has 0 amide bonds. The van der Waals surface area contributed by atoms with E-state index >= 15 is 0 Å². The lowest BCUT2D eigenvalue weighted by molar-refractivity contribution is -0.398. The van der Waals surface area contributed by atoms with E-state index in [1.165, 1.54) is 24.4 Å². The Bertz CT molecular complexity index is 1040. The van der Waals surface area contributed by atoms with Crippen LogP contribution in [0.1, 0.15) is 16.7 Å². The molecule has 0 unspecified atom stereocenters. The zero-order valence-electron chi connectivity index (χ0n) is 13.5. The van der Waals surface area contributed by atoms with Gasteiger partial charge in [-0.2, -0.15) is 5.10 Å². The number of hydrogen-bond donors (Lipinski definition) is 0. The van der Waals surface area contributed by atoms with Crippen LogP contribution in [0.25, 0.3) is 11.1 Å². The van der Waals surface area contributed by atoms with Crippen molar-refractivity contribution < 1.29 is 10.0 Å². The second-order valence-corrected chi connectivity index (χ2v) is 5.74. The van der Waals surface area contributed by atoms with Gasteiger partial charge in [-0.05, 0) is 22.4 Å². The third-order valence-electron chi connectivity index (χ3n) is 4.23. The minimum Gasteiger partial charge on any atom is -0.867 e. The summed E-state index contributed by atoms with van der Waals surface area (Å²) in [5.74, 6) is -0.673. The molecule has 0 aromatic heterocycles. The van der Waals surface area contributed by atoms with Crippen LogP contribution in [0.2, 0.25) is 0 Å². The molecule has 0 N–H and O–H groups in total. The van der Waals surface area contributed by atoms with Crippen molar-refractivity contribution in [2.75, 3.05) is 0 Å². The number of benzene rings is 3. The number of hydrogen-bond acceptors (Lipinski definition) is 5. The van der Waals surface area contributed by atoms with Crippen molar-refractivity contribution in [1.82, 2.24) is 0 Å². The van der Waals surface area contributed by atoms with Crippen LogP contribution in [0.5, 0.6) is 5.75 Å². The summed E-state index contributed by atoms with van der Waals surface area (Å²) in [4.78, 5) is 10.2. The third kappa shape index (κ3) is 2.53. The molecule has 26 heavy (non-hydrogen) atoms. The largest absolute Gasteiger partial charge is 0.867 e. The molecular formula is C20H12N3O3-. The molecule has 0 saturated heterocycles. The first-order chi connectivity index (χ1) is 12.7. The van der Waals surface area contributed by atoms with E-state index in [1.54, 1.807) is 0 Å². The Morgan fingerprint density at radius 1 is 0.808 bits per heavy atom. The first-order valence-corrected chi connectivity index (χ1v) is 7.91. The number of para-hydroxylation sites is 1. The Labute approximate surface area is 148 Å². The lowest BCUT2D eigenvalue weighted by atomic mass is 10.1. The van der Waals surface area contributed by atoms with Gasteiger partial charge in [0.05, 0.1) is 11.1 Å². The van der Waals surface area contributed by atoms with Crippen LogP contribution in [0.3, 0.4) is 0 Å². The normalized spacial score (nSPS) is 12.1. The summed E-state index contributed by atoms with van der Waals surface area (Å²) in [6.07, 6.45) is 1.26. The highest BCUT2D eigenvalue weighted by Gasteiger charge is 2.23. The Morgan fingerprint density at radius 2 is 1.38 bits per heavy atom. The molecule has 3 aromatic carbocycles. The number of nitrogens with zero attached hydrogens (tertiary/aromatic N) is 3. The number of nitro groups is 1. The van der Waals surface area contributed by atoms with E-state index in [2.05, 4.69) is 10.2 Å². The average molecular weight is 342 g/mol. The topological polar surface area (TPSA) is 90.9 Å². The minimum atomic E-state index is -0.699. The van der Waals surface area contributed by atoms with Crippen molar-refractivity contribution in [2.45, 2.75) is 0 Å². The Balaban J connectivity index is 1.75. The first kappa shape index (κ1) is 15.7. The van der Waals surface area contributed by atoms with Gasteiger partial charge in [0.25, 0.3) is 5.69 Å². The van der Waals surface area contributed by atoms with Crippen molar-refractivity contribution in [3.63, 3.8) is 0 Å². The smallest absolute Gasteiger partial charge is 0.262 e. The van der Waals surface area contributed by atoms with Gasteiger partial charge in [0, 0.05) is 17.2 Å². The quantitative estimate of drug-likeness (QED) is 0.324. The Morgan fingerprint density at radius 3 is 1.96 bits per heavy atom. The number of fused-ring (bicyclic) bond motifs is 3. The Hall–Kier alpha value is -3.80. The van der Waals surface area contributed by atoms with Crippen LogP contribution >= 0.6 is 0 Å². The highest BCUT2D eigenvalue weighted by atomic mass is 16.6. The lowest BCUT2D eigenvalue weighted by Crippen LogP contribution is -2.02. The van der Waals surface area contributed by atoms with E-state index in [0.29, 0.717) is 5.71 Å². The SMILES string of the molecule is O=[N+]([O-])c1cccc(/C=N/N=C2c3ccccc3-c3ccccc32)c1[O-]. The molecule has 6 nitrogen and oxygen atoms in total. The summed E-state index contributed by atoms with van der Waals surface area (Å²) in [5.41, 5.74) is 4.46. The monoisotopic (exact) mass is 342 g/mol. The van der Waals surface area contributed by atoms with E-state index in [9.17, 15) is 15.2 Å². The molecule has 0 spiro atoms. The van der Waals surface area contributed by atoms with Crippen molar-refractivity contribution in [3.05, 3.63) is 93.5 Å². The molecule has 0 atom stereocenters. The van der Waals surface area contributed by atoms with Crippen molar-refractivity contribution in [3.8, 4) is 16.9 Å². The second kappa shape index (κ2) is 6.25. The molecule has 0 radical (unpaired) electrons. The van der Waals surface area contributed by atoms with Gasteiger partial charge in [0.15, 0.2) is 0 Å². The highest BCUT2D eigenvalue weighted by Crippen LogP contribution is 2.36. The molecule has 3 aromatic rings. The number of nitro benzene ring substituents is 1. The van der Waals surface area contributed by atoms with Crippen LogP contribution in [-0.2, 0) is 0 Å². The third-order valence-corrected chi connectivity index (χ3v) is 4.23. The average Bonchev–Trinajstić information content (AvgIpc) is 2.97. The second-order valence-electron chi connectivity index (χ2n) is 5.74. The molecule has 0 bridgehead atoms. The van der Waals surface area contributed by atoms with E-state index in [0.717, 1.165) is 22.3 Å². The van der Waals surface area contributed by atoms with Gasteiger partial charge in [-0.25, -0.2) is 0 Å². The van der Waals surface area contributed by atoms with Gasteiger partial charge in [0.2, 0.25) is 0 Å². The van der Waals surface area contributed by atoms with E-state index < -0.39 is 16.4 Å². The molecule has 1 aliphatic rings. The van der Waals surface area contributed by atoms with Crippen LogP contribution in [-0.4, -0.2) is 16.8 Å². The first-order valence-electron chi connectivity index (χ1n) is 7.91. The fraction of sp³-hybridized carbons (Fsp3) is 0. The summed E-state index contributed by atoms with van der Waals surface area (Å²) in [5, 5.41) is 31.2. The molecule has 6 heteroatoms. The predicted molar refractivity (Wildman–Crippen MR) is 97.7 cm³/mol. The maximum absolute atomic E-state index is 12.1. The zero-order valence-corrected chi connectivity index (χ0v) is 13.5. The Kier molecular flexibility index (Phi) is 3.78. The van der Waals surface area contributed by atoms with Crippen LogP contribution in [0, 0.1) is 10.1 Å². The maximum Gasteiger partial charge on any atom is 0.262 e. The van der Waals surface area contributed by atoms with E-state index in [-0.39, 0.29) is 5.56 Å². The molecule has 0 heterocycles. The van der Waals surface area contributed by atoms with Gasteiger partial charge < -0.3 is 5.11 Å². The zero-order chi connectivity index (χ0) is 18.1. The number of rotatable bonds is 3. The molecule has 1 aliphatic carbocycles. The summed E-state index contributed by atoms with van der Waals surface area (Å²) in [6.45, 7) is 0. The van der Waals surface area contributed by atoms with E-state index in [4.69, 9.17) is 0 Å². The molecule has 0 fully saturated rings. The standard InChI is InChI=1S/C20H13N3O3/c24-20-13(6-5-11-18(20)23(25)26)12-21-22-19-16-9-3-1-7-14(16)15-8-2-4-10-17(15)19/h1-12,24H/p-1/b21-12+. The molecular weight excluding hydrogens is 330 g/mol. The molecule has 0 aliphatic heterocycles. The fourth-order valence-electron chi connectivity index (χ4n) is 3.04. The molecule has 0 saturated carbocycles. The summed E-state index contributed by atoms with van der Waals surface area (Å²) in [6, 6.07) is 19.9. The van der Waals surface area contributed by atoms with Gasteiger partial charge in [-0.1, -0.05) is 60.7 Å². The molecule has 126 valence electrons. The van der Waals surface area contributed by atoms with E-state index in [1.807, 2.05) is 48.5 Å². The fourth-order valence-corrected chi connectivity index (χ4v) is 3.04. The lowest BCUT2D eigenvalue weighted by Gasteiger charge is -2.09. The highest BCUT2D eigenvalue weighted by molar-refractivity contribution is 6.24. The van der Waals surface area contributed by atoms with Crippen molar-refractivity contribution >= 4 is 17.6 Å². The van der Waals surface area contributed by atoms with Gasteiger partial charge in [-0.15, -0.1) is 5.10 Å². The predicted octanol–water partition coefficient (Wildman–Crippen LogP) is 3.52. The van der Waals surface area contributed by atoms with Crippen LogP contribution < -0.4 is 5.11 Å². The van der Waals surface area contributed by atoms with Crippen LogP contribution in [0.15, 0.2) is 76.9 Å². The maximum atomic E-state index is 12.1. The van der Waals surface area contributed by atoms with Crippen molar-refractivity contribution in [1.29, 1.82) is 0 Å². The van der Waals surface area contributed by atoms with Gasteiger partial charge in [0.1, 0.15) is 5.71 Å². The van der Waals surface area contributed by atoms with Crippen LogP contribution in [0.4, 0.5) is 5.69 Å². The summed E-state index contributed by atoms with van der Waals surface area (Å²) >= 11 is 0. The minimum absolute atomic E-state index is 0.128. The van der Waals surface area contributed by atoms with Crippen molar-refractivity contribution in [2.24, 2.45) is 10.2 Å². The molecule has 4 rings (SSSR count). The van der Waals surface area contributed by atoms with Gasteiger partial charge in [-0.3, -0.25) is 10.1 Å². The summed E-state index contributed by atoms with van der Waals surface area (Å²) in [7, 11) is 0. The van der Waals surface area contributed by atoms with Gasteiger partial charge >= 0.3 is 0 Å².